The van der Waals surface area contributed by atoms with E-state index in [2.05, 4.69) is 17.6 Å². The van der Waals surface area contributed by atoms with Crippen LogP contribution >= 0.6 is 0 Å². The Morgan fingerprint density at radius 3 is 2.65 bits per heavy atom. The Kier molecular flexibility index (Phi) is 4.93. The van der Waals surface area contributed by atoms with Crippen LogP contribution in [0.3, 0.4) is 0 Å². The van der Waals surface area contributed by atoms with Gasteiger partial charge in [0.25, 0.3) is 0 Å². The summed E-state index contributed by atoms with van der Waals surface area (Å²) in [5.74, 6) is -0.0357. The standard InChI is InChI=1S/C12H23N3O2/c1-4-5-12(6-7-14-9-12)11(17)15(3)8-10(16)13-2/h14H,4-9H2,1-3H3,(H,13,16). The molecule has 0 spiro atoms. The lowest BCUT2D eigenvalue weighted by Crippen LogP contribution is -2.46. The molecular formula is C12H23N3O2. The summed E-state index contributed by atoms with van der Waals surface area (Å²) >= 11 is 0. The van der Waals surface area contributed by atoms with Crippen LogP contribution in [-0.2, 0) is 9.59 Å². The van der Waals surface area contributed by atoms with E-state index in [1.54, 1.807) is 19.0 Å². The van der Waals surface area contributed by atoms with Crippen molar-refractivity contribution in [1.82, 2.24) is 15.5 Å². The number of nitrogens with one attached hydrogen (secondary N) is 2. The minimum absolute atomic E-state index is 0.0907. The van der Waals surface area contributed by atoms with Crippen LogP contribution in [-0.4, -0.2) is 50.4 Å². The normalized spacial score (nSPS) is 23.5. The maximum atomic E-state index is 12.4. The first kappa shape index (κ1) is 14.0. The molecule has 0 aliphatic carbocycles. The van der Waals surface area contributed by atoms with E-state index >= 15 is 0 Å². The molecule has 1 rings (SSSR count). The zero-order chi connectivity index (χ0) is 12.9. The predicted octanol–water partition coefficient (Wildman–Crippen LogP) is -0.0294. The van der Waals surface area contributed by atoms with Gasteiger partial charge >= 0.3 is 0 Å². The third-order valence-electron chi connectivity index (χ3n) is 3.43. The van der Waals surface area contributed by atoms with E-state index in [1.807, 2.05) is 0 Å². The summed E-state index contributed by atoms with van der Waals surface area (Å²) in [5.41, 5.74) is -0.294. The minimum atomic E-state index is -0.294. The van der Waals surface area contributed by atoms with Crippen LogP contribution in [0.25, 0.3) is 0 Å². The van der Waals surface area contributed by atoms with Crippen LogP contribution in [0.2, 0.25) is 0 Å². The van der Waals surface area contributed by atoms with Gasteiger partial charge in [-0.15, -0.1) is 0 Å². The van der Waals surface area contributed by atoms with Gasteiger partial charge in [0.05, 0.1) is 12.0 Å². The van der Waals surface area contributed by atoms with Crippen molar-refractivity contribution >= 4 is 11.8 Å². The molecule has 1 fully saturated rings. The van der Waals surface area contributed by atoms with E-state index in [0.717, 1.165) is 32.4 Å². The van der Waals surface area contributed by atoms with Crippen molar-refractivity contribution in [3.63, 3.8) is 0 Å². The third-order valence-corrected chi connectivity index (χ3v) is 3.43. The highest BCUT2D eigenvalue weighted by Crippen LogP contribution is 2.32. The van der Waals surface area contributed by atoms with Gasteiger partial charge in [-0.3, -0.25) is 9.59 Å². The van der Waals surface area contributed by atoms with Crippen LogP contribution in [0, 0.1) is 5.41 Å². The van der Waals surface area contributed by atoms with Crippen molar-refractivity contribution in [2.75, 3.05) is 33.7 Å². The number of rotatable bonds is 5. The van der Waals surface area contributed by atoms with E-state index in [0.29, 0.717) is 0 Å². The van der Waals surface area contributed by atoms with Gasteiger partial charge in [-0.1, -0.05) is 13.3 Å². The third kappa shape index (κ3) is 3.19. The van der Waals surface area contributed by atoms with Crippen LogP contribution < -0.4 is 10.6 Å². The molecule has 1 aliphatic heterocycles. The molecule has 0 aromatic heterocycles. The van der Waals surface area contributed by atoms with Crippen molar-refractivity contribution < 1.29 is 9.59 Å². The molecule has 0 bridgehead atoms. The molecule has 2 N–H and O–H groups in total. The summed E-state index contributed by atoms with van der Waals surface area (Å²) in [4.78, 5) is 25.2. The second kappa shape index (κ2) is 6.00. The molecule has 2 amide bonds. The summed E-state index contributed by atoms with van der Waals surface area (Å²) < 4.78 is 0. The maximum Gasteiger partial charge on any atom is 0.239 e. The number of likely N-dealkylation sites (N-methyl/N-ethyl adjacent to an activating group) is 2. The SMILES string of the molecule is CCCC1(C(=O)N(C)CC(=O)NC)CCNC1. The van der Waals surface area contributed by atoms with Crippen LogP contribution in [0.4, 0.5) is 0 Å². The van der Waals surface area contributed by atoms with Gasteiger partial charge in [0.2, 0.25) is 11.8 Å². The lowest BCUT2D eigenvalue weighted by molar-refractivity contribution is -0.143. The van der Waals surface area contributed by atoms with Crippen molar-refractivity contribution in [2.45, 2.75) is 26.2 Å². The summed E-state index contributed by atoms with van der Waals surface area (Å²) in [7, 11) is 3.28. The van der Waals surface area contributed by atoms with Crippen molar-refractivity contribution in [3.8, 4) is 0 Å². The smallest absolute Gasteiger partial charge is 0.239 e. The summed E-state index contributed by atoms with van der Waals surface area (Å²) in [5, 5.41) is 5.79. The highest BCUT2D eigenvalue weighted by molar-refractivity contribution is 5.88. The van der Waals surface area contributed by atoms with Gasteiger partial charge < -0.3 is 15.5 Å². The number of nitrogens with zero attached hydrogens (tertiary/aromatic N) is 1. The zero-order valence-corrected chi connectivity index (χ0v) is 11.0. The number of carbonyl (C=O) groups is 2. The maximum absolute atomic E-state index is 12.4. The molecule has 0 radical (unpaired) electrons. The Hall–Kier alpha value is -1.10. The molecule has 0 aromatic rings. The topological polar surface area (TPSA) is 61.4 Å². The van der Waals surface area contributed by atoms with Gasteiger partial charge in [-0.25, -0.2) is 0 Å². The second-order valence-corrected chi connectivity index (χ2v) is 4.79. The number of hydrogen-bond donors (Lipinski definition) is 2. The Morgan fingerprint density at radius 2 is 2.18 bits per heavy atom. The Morgan fingerprint density at radius 1 is 1.47 bits per heavy atom. The summed E-state index contributed by atoms with van der Waals surface area (Å²) in [6.07, 6.45) is 2.75. The van der Waals surface area contributed by atoms with E-state index in [9.17, 15) is 9.59 Å². The Labute approximate surface area is 103 Å². The monoisotopic (exact) mass is 241 g/mol. The average Bonchev–Trinajstić information content (AvgIpc) is 2.78. The van der Waals surface area contributed by atoms with E-state index in [4.69, 9.17) is 0 Å². The molecule has 5 heteroatoms. The molecule has 1 heterocycles. The van der Waals surface area contributed by atoms with Crippen molar-refractivity contribution in [2.24, 2.45) is 5.41 Å². The molecule has 17 heavy (non-hydrogen) atoms. The van der Waals surface area contributed by atoms with Gasteiger partial charge in [0, 0.05) is 20.6 Å². The van der Waals surface area contributed by atoms with E-state index in [1.165, 1.54) is 0 Å². The van der Waals surface area contributed by atoms with Crippen LogP contribution in [0.1, 0.15) is 26.2 Å². The van der Waals surface area contributed by atoms with Crippen LogP contribution in [0.15, 0.2) is 0 Å². The molecule has 5 nitrogen and oxygen atoms in total. The number of amides is 2. The molecule has 98 valence electrons. The first-order valence-electron chi connectivity index (χ1n) is 6.22. The molecule has 1 aliphatic rings. The molecular weight excluding hydrogens is 218 g/mol. The number of carbonyl (C=O) groups excluding carboxylic acids is 2. The highest BCUT2D eigenvalue weighted by atomic mass is 16.2. The predicted molar refractivity (Wildman–Crippen MR) is 66.5 cm³/mol. The lowest BCUT2D eigenvalue weighted by Gasteiger charge is -2.31. The number of hydrogen-bond acceptors (Lipinski definition) is 3. The van der Waals surface area contributed by atoms with E-state index in [-0.39, 0.29) is 23.8 Å². The zero-order valence-electron chi connectivity index (χ0n) is 11.0. The Balaban J connectivity index is 2.67. The largest absolute Gasteiger partial charge is 0.358 e. The molecule has 0 saturated carbocycles. The molecule has 0 aromatic carbocycles. The molecule has 1 unspecified atom stereocenters. The highest BCUT2D eigenvalue weighted by Gasteiger charge is 2.42. The quantitative estimate of drug-likeness (QED) is 0.710. The van der Waals surface area contributed by atoms with Gasteiger partial charge in [0.1, 0.15) is 0 Å². The lowest BCUT2D eigenvalue weighted by atomic mass is 9.81. The van der Waals surface area contributed by atoms with Crippen molar-refractivity contribution in [3.05, 3.63) is 0 Å². The van der Waals surface area contributed by atoms with Crippen molar-refractivity contribution in [1.29, 1.82) is 0 Å². The average molecular weight is 241 g/mol. The van der Waals surface area contributed by atoms with E-state index < -0.39 is 0 Å². The fourth-order valence-corrected chi connectivity index (χ4v) is 2.50. The summed E-state index contributed by atoms with van der Waals surface area (Å²) in [6, 6.07) is 0. The molecule has 1 saturated heterocycles. The fraction of sp³-hybridized carbons (Fsp3) is 0.833. The van der Waals surface area contributed by atoms with Crippen LogP contribution in [0.5, 0.6) is 0 Å². The van der Waals surface area contributed by atoms with Gasteiger partial charge in [0.15, 0.2) is 0 Å². The first-order valence-corrected chi connectivity index (χ1v) is 6.22. The minimum Gasteiger partial charge on any atom is -0.358 e. The summed E-state index contributed by atoms with van der Waals surface area (Å²) in [6.45, 7) is 3.85. The first-order chi connectivity index (χ1) is 8.05. The van der Waals surface area contributed by atoms with Gasteiger partial charge in [-0.2, -0.15) is 0 Å². The Bertz CT molecular complexity index is 285. The fourth-order valence-electron chi connectivity index (χ4n) is 2.50. The molecule has 1 atom stereocenters. The second-order valence-electron chi connectivity index (χ2n) is 4.79. The van der Waals surface area contributed by atoms with Gasteiger partial charge in [-0.05, 0) is 19.4 Å².